The molecule has 1 aromatic rings. The maximum atomic E-state index is 5.49. The summed E-state index contributed by atoms with van der Waals surface area (Å²) in [5.74, 6) is 1.86. The Hall–Kier alpha value is -1.17. The van der Waals surface area contributed by atoms with Crippen LogP contribution >= 0.6 is 24.0 Å². The van der Waals surface area contributed by atoms with Crippen molar-refractivity contribution < 1.29 is 9.47 Å². The molecule has 3 heterocycles. The predicted molar refractivity (Wildman–Crippen MR) is 132 cm³/mol. The third kappa shape index (κ3) is 7.21. The number of ether oxygens (including phenoxy) is 2. The number of aliphatic imine (C=N–C) groups is 1. The van der Waals surface area contributed by atoms with Crippen LogP contribution in [0.2, 0.25) is 0 Å². The Morgan fingerprint density at radius 2 is 1.77 bits per heavy atom. The monoisotopic (exact) mass is 532 g/mol. The van der Waals surface area contributed by atoms with Gasteiger partial charge in [-0.3, -0.25) is 4.90 Å². The van der Waals surface area contributed by atoms with Crippen LogP contribution in [-0.4, -0.2) is 87.1 Å². The van der Waals surface area contributed by atoms with E-state index in [1.54, 1.807) is 0 Å². The molecule has 0 aliphatic carbocycles. The zero-order chi connectivity index (χ0) is 20.5. The topological polar surface area (TPSA) is 74.2 Å². The molecular weight excluding hydrogens is 495 g/mol. The Morgan fingerprint density at radius 1 is 1.10 bits per heavy atom. The second kappa shape index (κ2) is 12.6. The van der Waals surface area contributed by atoms with Crippen LogP contribution in [0.1, 0.15) is 26.3 Å². The van der Waals surface area contributed by atoms with Crippen molar-refractivity contribution in [3.8, 4) is 0 Å². The summed E-state index contributed by atoms with van der Waals surface area (Å²) in [4.78, 5) is 14.2. The van der Waals surface area contributed by atoms with Gasteiger partial charge in [0.25, 0.3) is 0 Å². The third-order valence-corrected chi connectivity index (χ3v) is 5.49. The lowest BCUT2D eigenvalue weighted by atomic mass is 10.0. The predicted octanol–water partition coefficient (Wildman–Crippen LogP) is 1.70. The largest absolute Gasteiger partial charge is 0.379 e. The highest BCUT2D eigenvalue weighted by Gasteiger charge is 2.28. The molecule has 0 bridgehead atoms. The number of pyridine rings is 1. The van der Waals surface area contributed by atoms with Crippen molar-refractivity contribution in [1.29, 1.82) is 0 Å². The molecule has 0 amide bonds. The molecule has 2 aliphatic heterocycles. The highest BCUT2D eigenvalue weighted by molar-refractivity contribution is 14.0. The Labute approximate surface area is 197 Å². The van der Waals surface area contributed by atoms with Gasteiger partial charge in [0.2, 0.25) is 0 Å². The van der Waals surface area contributed by atoms with Crippen molar-refractivity contribution >= 4 is 35.8 Å². The van der Waals surface area contributed by atoms with Gasteiger partial charge in [-0.25, -0.2) is 9.98 Å². The normalized spacial score (nSPS) is 18.6. The van der Waals surface area contributed by atoms with Gasteiger partial charge in [-0.05, 0) is 26.8 Å². The number of anilines is 1. The van der Waals surface area contributed by atoms with Crippen molar-refractivity contribution in [1.82, 2.24) is 20.5 Å². The molecule has 30 heavy (non-hydrogen) atoms. The summed E-state index contributed by atoms with van der Waals surface area (Å²) in [6.45, 7) is 15.7. The average Bonchev–Trinajstić information content (AvgIpc) is 2.77. The zero-order valence-corrected chi connectivity index (χ0v) is 20.9. The maximum Gasteiger partial charge on any atom is 0.191 e. The summed E-state index contributed by atoms with van der Waals surface area (Å²) in [5.41, 5.74) is 1.17. The summed E-state index contributed by atoms with van der Waals surface area (Å²) in [6, 6.07) is 4.10. The Morgan fingerprint density at radius 3 is 2.43 bits per heavy atom. The van der Waals surface area contributed by atoms with Gasteiger partial charge in [0.1, 0.15) is 5.82 Å². The summed E-state index contributed by atoms with van der Waals surface area (Å²) >= 11 is 0. The van der Waals surface area contributed by atoms with E-state index in [0.717, 1.165) is 83.0 Å². The van der Waals surface area contributed by atoms with Crippen LogP contribution in [0.25, 0.3) is 0 Å². The zero-order valence-electron chi connectivity index (χ0n) is 18.5. The number of aromatic nitrogens is 1. The van der Waals surface area contributed by atoms with Gasteiger partial charge in [-0.15, -0.1) is 24.0 Å². The van der Waals surface area contributed by atoms with Gasteiger partial charge in [0, 0.05) is 56.6 Å². The highest BCUT2D eigenvalue weighted by atomic mass is 127. The number of rotatable bonds is 7. The molecule has 2 saturated heterocycles. The minimum absolute atomic E-state index is 0. The average molecular weight is 532 g/mol. The van der Waals surface area contributed by atoms with E-state index in [2.05, 4.69) is 52.3 Å². The number of morpholine rings is 2. The molecule has 170 valence electrons. The quantitative estimate of drug-likeness (QED) is 0.315. The van der Waals surface area contributed by atoms with Gasteiger partial charge in [0.05, 0.1) is 33.0 Å². The standard InChI is InChI=1S/C21H36N6O2.HI/c1-4-22-20(25-17-21(2,3)27-10-14-29-15-11-27)24-16-18-6-5-7-23-19(18)26-8-12-28-13-9-26;/h5-7H,4,8-17H2,1-3H3,(H2,22,24,25);1H. The van der Waals surface area contributed by atoms with Crippen LogP contribution in [0.15, 0.2) is 23.3 Å². The molecule has 0 radical (unpaired) electrons. The third-order valence-electron chi connectivity index (χ3n) is 5.49. The van der Waals surface area contributed by atoms with Crippen LogP contribution in [-0.2, 0) is 16.0 Å². The van der Waals surface area contributed by atoms with E-state index >= 15 is 0 Å². The first-order valence-electron chi connectivity index (χ1n) is 10.7. The molecule has 0 saturated carbocycles. The van der Waals surface area contributed by atoms with E-state index in [0.29, 0.717) is 6.54 Å². The minimum Gasteiger partial charge on any atom is -0.379 e. The SMILES string of the molecule is CCNC(=NCc1cccnc1N1CCOCC1)NCC(C)(C)N1CCOCC1.I. The molecule has 2 aliphatic rings. The van der Waals surface area contributed by atoms with Crippen LogP contribution in [0, 0.1) is 0 Å². The number of guanidine groups is 1. The first-order chi connectivity index (χ1) is 14.1. The lowest BCUT2D eigenvalue weighted by molar-refractivity contribution is -0.00834. The van der Waals surface area contributed by atoms with E-state index in [-0.39, 0.29) is 29.5 Å². The fourth-order valence-corrected chi connectivity index (χ4v) is 3.70. The number of halogens is 1. The van der Waals surface area contributed by atoms with E-state index in [1.165, 1.54) is 0 Å². The smallest absolute Gasteiger partial charge is 0.191 e. The lowest BCUT2D eigenvalue weighted by Crippen LogP contribution is -2.56. The van der Waals surface area contributed by atoms with Gasteiger partial charge >= 0.3 is 0 Å². The molecule has 2 N–H and O–H groups in total. The molecule has 0 atom stereocenters. The van der Waals surface area contributed by atoms with Crippen LogP contribution in [0.4, 0.5) is 5.82 Å². The van der Waals surface area contributed by atoms with Crippen LogP contribution < -0.4 is 15.5 Å². The van der Waals surface area contributed by atoms with Gasteiger partial charge in [-0.1, -0.05) is 6.07 Å². The Kier molecular flexibility index (Phi) is 10.6. The lowest BCUT2D eigenvalue weighted by Gasteiger charge is -2.41. The first kappa shape index (κ1) is 25.1. The second-order valence-electron chi connectivity index (χ2n) is 8.05. The molecule has 3 rings (SSSR count). The van der Waals surface area contributed by atoms with Crippen molar-refractivity contribution in [2.45, 2.75) is 32.9 Å². The van der Waals surface area contributed by atoms with Gasteiger partial charge in [0.15, 0.2) is 5.96 Å². The first-order valence-corrected chi connectivity index (χ1v) is 10.7. The summed E-state index contributed by atoms with van der Waals surface area (Å²) in [6.07, 6.45) is 1.85. The van der Waals surface area contributed by atoms with Crippen LogP contribution in [0.5, 0.6) is 0 Å². The summed E-state index contributed by atoms with van der Waals surface area (Å²) in [7, 11) is 0. The van der Waals surface area contributed by atoms with Crippen molar-refractivity contribution in [3.05, 3.63) is 23.9 Å². The second-order valence-corrected chi connectivity index (χ2v) is 8.05. The van der Waals surface area contributed by atoms with Crippen LogP contribution in [0.3, 0.4) is 0 Å². The van der Waals surface area contributed by atoms with Gasteiger partial charge < -0.3 is 25.0 Å². The molecule has 9 heteroatoms. The van der Waals surface area contributed by atoms with E-state index in [9.17, 15) is 0 Å². The molecule has 2 fully saturated rings. The van der Waals surface area contributed by atoms with Gasteiger partial charge in [-0.2, -0.15) is 0 Å². The molecule has 0 unspecified atom stereocenters. The number of hydrogen-bond donors (Lipinski definition) is 2. The Balaban J connectivity index is 0.00000320. The van der Waals surface area contributed by atoms with E-state index < -0.39 is 0 Å². The molecule has 0 aromatic carbocycles. The Bertz CT molecular complexity index is 661. The van der Waals surface area contributed by atoms with Crippen molar-refractivity contribution in [3.63, 3.8) is 0 Å². The maximum absolute atomic E-state index is 5.49. The molecule has 0 spiro atoms. The molecule has 8 nitrogen and oxygen atoms in total. The fraction of sp³-hybridized carbons (Fsp3) is 0.714. The fourth-order valence-electron chi connectivity index (χ4n) is 3.70. The van der Waals surface area contributed by atoms with Crippen molar-refractivity contribution in [2.24, 2.45) is 4.99 Å². The van der Waals surface area contributed by atoms with Crippen molar-refractivity contribution in [2.75, 3.05) is 70.6 Å². The minimum atomic E-state index is 0. The van der Waals surface area contributed by atoms with E-state index in [4.69, 9.17) is 14.5 Å². The highest BCUT2D eigenvalue weighted by Crippen LogP contribution is 2.19. The summed E-state index contributed by atoms with van der Waals surface area (Å²) < 4.78 is 11.0. The van der Waals surface area contributed by atoms with E-state index in [1.807, 2.05) is 12.3 Å². The number of nitrogens with zero attached hydrogens (tertiary/aromatic N) is 4. The molecule has 1 aromatic heterocycles. The molecular formula is C21H37IN6O2. The number of nitrogens with one attached hydrogen (secondary N) is 2. The summed E-state index contributed by atoms with van der Waals surface area (Å²) in [5, 5.41) is 6.90. The number of hydrogen-bond acceptors (Lipinski definition) is 6.